The van der Waals surface area contributed by atoms with Crippen molar-refractivity contribution >= 4 is 17.7 Å². The van der Waals surface area contributed by atoms with E-state index in [2.05, 4.69) is 30.0 Å². The summed E-state index contributed by atoms with van der Waals surface area (Å²) in [4.78, 5) is 13.2. The summed E-state index contributed by atoms with van der Waals surface area (Å²) in [5, 5.41) is 8.84. The molecular weight excluding hydrogens is 262 g/mol. The molecule has 1 N–H and O–H groups in total. The first-order valence-corrected chi connectivity index (χ1v) is 7.86. The van der Waals surface area contributed by atoms with E-state index in [1.165, 1.54) is 31.8 Å². The molecule has 1 aliphatic rings. The van der Waals surface area contributed by atoms with Crippen LogP contribution in [0.4, 0.5) is 5.69 Å². The van der Waals surface area contributed by atoms with Crippen LogP contribution in [0.2, 0.25) is 0 Å². The topological polar surface area (TPSA) is 40.5 Å². The lowest BCUT2D eigenvalue weighted by molar-refractivity contribution is -0.131. The largest absolute Gasteiger partial charge is 0.478 e. The highest BCUT2D eigenvalue weighted by molar-refractivity contribution is 5.87. The molecule has 0 radical (unpaired) electrons. The van der Waals surface area contributed by atoms with Gasteiger partial charge in [-0.2, -0.15) is 0 Å². The van der Waals surface area contributed by atoms with Crippen molar-refractivity contribution in [2.24, 2.45) is 5.92 Å². The smallest absolute Gasteiger partial charge is 0.328 e. The molecule has 0 aromatic heterocycles. The fourth-order valence-corrected chi connectivity index (χ4v) is 3.13. The molecule has 0 saturated carbocycles. The second-order valence-corrected chi connectivity index (χ2v) is 5.95. The van der Waals surface area contributed by atoms with Crippen molar-refractivity contribution in [1.29, 1.82) is 0 Å². The predicted molar refractivity (Wildman–Crippen MR) is 87.7 cm³/mol. The van der Waals surface area contributed by atoms with Gasteiger partial charge in [0.05, 0.1) is 0 Å². The zero-order valence-corrected chi connectivity index (χ0v) is 13.0. The van der Waals surface area contributed by atoms with Crippen LogP contribution in [0.25, 0.3) is 6.08 Å². The quantitative estimate of drug-likeness (QED) is 0.829. The number of hydrogen-bond donors (Lipinski definition) is 1. The molecule has 2 rings (SSSR count). The number of anilines is 1. The third kappa shape index (κ3) is 4.35. The summed E-state index contributed by atoms with van der Waals surface area (Å²) < 4.78 is 0. The van der Waals surface area contributed by atoms with E-state index >= 15 is 0 Å². The molecule has 3 nitrogen and oxygen atoms in total. The van der Waals surface area contributed by atoms with Crippen molar-refractivity contribution in [3.63, 3.8) is 0 Å². The van der Waals surface area contributed by atoms with Crippen molar-refractivity contribution < 1.29 is 9.90 Å². The maximum atomic E-state index is 10.8. The molecule has 0 atom stereocenters. The molecule has 21 heavy (non-hydrogen) atoms. The van der Waals surface area contributed by atoms with Gasteiger partial charge in [0, 0.05) is 24.9 Å². The molecule has 0 amide bonds. The number of piperidine rings is 1. The van der Waals surface area contributed by atoms with E-state index in [4.69, 9.17) is 5.11 Å². The van der Waals surface area contributed by atoms with Crippen LogP contribution in [0.15, 0.2) is 24.3 Å². The monoisotopic (exact) mass is 287 g/mol. The van der Waals surface area contributed by atoms with Crippen LogP contribution in [0.3, 0.4) is 0 Å². The van der Waals surface area contributed by atoms with Crippen molar-refractivity contribution in [2.45, 2.75) is 39.5 Å². The first-order chi connectivity index (χ1) is 10.1. The van der Waals surface area contributed by atoms with E-state index in [1.807, 2.05) is 6.92 Å². The standard InChI is InChI=1S/C18H25NO2/c1-3-4-15-9-11-19(12-10-15)17-7-5-14(2)13-16(17)6-8-18(20)21/h5-8,13,15H,3-4,9-12H2,1-2H3,(H,20,21)/b8-6+. The van der Waals surface area contributed by atoms with Gasteiger partial charge in [0.1, 0.15) is 0 Å². The van der Waals surface area contributed by atoms with Gasteiger partial charge in [0.25, 0.3) is 0 Å². The fraction of sp³-hybridized carbons (Fsp3) is 0.500. The lowest BCUT2D eigenvalue weighted by atomic mass is 9.92. The third-order valence-corrected chi connectivity index (χ3v) is 4.24. The highest BCUT2D eigenvalue weighted by atomic mass is 16.4. The zero-order valence-electron chi connectivity index (χ0n) is 13.0. The molecule has 3 heteroatoms. The highest BCUT2D eigenvalue weighted by Gasteiger charge is 2.20. The molecule has 1 saturated heterocycles. The summed E-state index contributed by atoms with van der Waals surface area (Å²) in [6.07, 6.45) is 8.01. The maximum absolute atomic E-state index is 10.8. The Bertz CT molecular complexity index is 514. The van der Waals surface area contributed by atoms with E-state index in [0.29, 0.717) is 0 Å². The average molecular weight is 287 g/mol. The van der Waals surface area contributed by atoms with Gasteiger partial charge in [0.2, 0.25) is 0 Å². The molecule has 0 bridgehead atoms. The minimum atomic E-state index is -0.899. The van der Waals surface area contributed by atoms with Crippen LogP contribution in [-0.2, 0) is 4.79 Å². The number of hydrogen-bond acceptors (Lipinski definition) is 2. The van der Waals surface area contributed by atoms with Gasteiger partial charge in [-0.15, -0.1) is 0 Å². The number of carboxylic acids is 1. The zero-order chi connectivity index (χ0) is 15.2. The van der Waals surface area contributed by atoms with E-state index in [0.717, 1.165) is 35.8 Å². The Balaban J connectivity index is 2.14. The van der Waals surface area contributed by atoms with Crippen molar-refractivity contribution in [2.75, 3.05) is 18.0 Å². The molecule has 0 unspecified atom stereocenters. The molecule has 1 aromatic carbocycles. The Labute approximate surface area is 127 Å². The Kier molecular flexibility index (Phi) is 5.43. The fourth-order valence-electron chi connectivity index (χ4n) is 3.13. The maximum Gasteiger partial charge on any atom is 0.328 e. The number of carboxylic acid groups (broad SMARTS) is 1. The van der Waals surface area contributed by atoms with Crippen LogP contribution in [0, 0.1) is 12.8 Å². The minimum absolute atomic E-state index is 0.856. The number of nitrogens with zero attached hydrogens (tertiary/aromatic N) is 1. The normalized spacial score (nSPS) is 16.6. The number of aliphatic carboxylic acids is 1. The summed E-state index contributed by atoms with van der Waals surface area (Å²) in [6.45, 7) is 6.43. The van der Waals surface area contributed by atoms with Crippen LogP contribution < -0.4 is 4.90 Å². The van der Waals surface area contributed by atoms with Gasteiger partial charge in [-0.3, -0.25) is 0 Å². The van der Waals surface area contributed by atoms with E-state index in [9.17, 15) is 4.79 Å². The van der Waals surface area contributed by atoms with Crippen molar-refractivity contribution in [1.82, 2.24) is 0 Å². The third-order valence-electron chi connectivity index (χ3n) is 4.24. The Morgan fingerprint density at radius 3 is 2.71 bits per heavy atom. The molecule has 1 aliphatic heterocycles. The molecule has 1 aromatic rings. The van der Waals surface area contributed by atoms with Crippen molar-refractivity contribution in [3.05, 3.63) is 35.4 Å². The van der Waals surface area contributed by atoms with Gasteiger partial charge in [-0.1, -0.05) is 31.4 Å². The Morgan fingerprint density at radius 1 is 1.38 bits per heavy atom. The highest BCUT2D eigenvalue weighted by Crippen LogP contribution is 2.29. The number of benzene rings is 1. The van der Waals surface area contributed by atoms with Crippen LogP contribution in [0.5, 0.6) is 0 Å². The second-order valence-electron chi connectivity index (χ2n) is 5.95. The lowest BCUT2D eigenvalue weighted by Gasteiger charge is -2.34. The number of carbonyl (C=O) groups is 1. The summed E-state index contributed by atoms with van der Waals surface area (Å²) in [5.74, 6) is -0.0428. The average Bonchev–Trinajstić information content (AvgIpc) is 2.46. The van der Waals surface area contributed by atoms with E-state index < -0.39 is 5.97 Å². The molecule has 1 fully saturated rings. The molecule has 0 spiro atoms. The van der Waals surface area contributed by atoms with Crippen LogP contribution >= 0.6 is 0 Å². The summed E-state index contributed by atoms with van der Waals surface area (Å²) in [7, 11) is 0. The molecule has 0 aliphatic carbocycles. The van der Waals surface area contributed by atoms with Gasteiger partial charge in [-0.05, 0) is 49.5 Å². The first kappa shape index (κ1) is 15.6. The van der Waals surface area contributed by atoms with Crippen molar-refractivity contribution in [3.8, 4) is 0 Å². The SMILES string of the molecule is CCCC1CCN(c2ccc(C)cc2/C=C/C(=O)O)CC1. The number of aryl methyl sites for hydroxylation is 1. The van der Waals surface area contributed by atoms with E-state index in [1.54, 1.807) is 6.08 Å². The molecule has 1 heterocycles. The Hall–Kier alpha value is -1.77. The Morgan fingerprint density at radius 2 is 2.10 bits per heavy atom. The first-order valence-electron chi connectivity index (χ1n) is 7.86. The summed E-state index contributed by atoms with van der Waals surface area (Å²) >= 11 is 0. The second kappa shape index (κ2) is 7.30. The molecular formula is C18H25NO2. The van der Waals surface area contributed by atoms with Crippen LogP contribution in [-0.4, -0.2) is 24.2 Å². The van der Waals surface area contributed by atoms with Gasteiger partial charge in [0.15, 0.2) is 0 Å². The summed E-state index contributed by atoms with van der Waals surface area (Å²) in [6, 6.07) is 6.29. The van der Waals surface area contributed by atoms with Gasteiger partial charge >= 0.3 is 5.97 Å². The van der Waals surface area contributed by atoms with Crippen LogP contribution in [0.1, 0.15) is 43.7 Å². The lowest BCUT2D eigenvalue weighted by Crippen LogP contribution is -2.34. The summed E-state index contributed by atoms with van der Waals surface area (Å²) in [5.41, 5.74) is 3.32. The van der Waals surface area contributed by atoms with E-state index in [-0.39, 0.29) is 0 Å². The van der Waals surface area contributed by atoms with Gasteiger partial charge in [-0.25, -0.2) is 4.79 Å². The minimum Gasteiger partial charge on any atom is -0.478 e. The van der Waals surface area contributed by atoms with Gasteiger partial charge < -0.3 is 10.0 Å². The number of rotatable bonds is 5. The molecule has 114 valence electrons. The predicted octanol–water partition coefficient (Wildman–Crippen LogP) is 4.11.